The molecule has 4 rings (SSSR count). The average Bonchev–Trinajstić information content (AvgIpc) is 3.13. The van der Waals surface area contributed by atoms with Gasteiger partial charge in [-0.2, -0.15) is 0 Å². The molecule has 0 saturated heterocycles. The number of aryl methyl sites for hydroxylation is 1. The van der Waals surface area contributed by atoms with E-state index >= 15 is 0 Å². The molecule has 0 atom stereocenters. The number of nitrogens with one attached hydrogen (secondary N) is 1. The molecule has 2 heterocycles. The Kier molecular flexibility index (Phi) is 4.85. The van der Waals surface area contributed by atoms with E-state index in [1.54, 1.807) is 17.0 Å². The summed E-state index contributed by atoms with van der Waals surface area (Å²) in [6, 6.07) is 15.2. The third-order valence-corrected chi connectivity index (χ3v) is 5.41. The van der Waals surface area contributed by atoms with E-state index in [9.17, 15) is 4.79 Å². The molecule has 0 saturated carbocycles. The van der Waals surface area contributed by atoms with Gasteiger partial charge in [-0.1, -0.05) is 58.0 Å². The quantitative estimate of drug-likeness (QED) is 0.490. The van der Waals surface area contributed by atoms with Crippen LogP contribution in [0.15, 0.2) is 69.3 Å². The fraction of sp³-hybridized carbons (Fsp3) is 0.111. The number of aromatic amines is 1. The van der Waals surface area contributed by atoms with Crippen molar-refractivity contribution in [1.82, 2.24) is 24.7 Å². The first-order valence-electron chi connectivity index (χ1n) is 7.96. The van der Waals surface area contributed by atoms with Crippen LogP contribution < -0.4 is 5.56 Å². The van der Waals surface area contributed by atoms with Crippen LogP contribution in [0.4, 0.5) is 0 Å². The highest BCUT2D eigenvalue weighted by Crippen LogP contribution is 2.26. The standard InChI is InChI=1S/C18H14BrN5OS/c19-14-7-3-1-5-12(14)16-21-18(23-22-16)26-10-9-24-11-20-15-8-4-2-6-13(15)17(24)25/h1-8,11H,9-10H2,(H,21,22,23). The molecule has 1 N–H and O–H groups in total. The second-order valence-electron chi connectivity index (χ2n) is 5.56. The monoisotopic (exact) mass is 427 g/mol. The Balaban J connectivity index is 1.45. The van der Waals surface area contributed by atoms with Gasteiger partial charge in [0.1, 0.15) is 0 Å². The number of hydrogen-bond donors (Lipinski definition) is 1. The van der Waals surface area contributed by atoms with Gasteiger partial charge in [0.05, 0.1) is 17.2 Å². The molecule has 0 fully saturated rings. The number of H-pyrrole nitrogens is 1. The van der Waals surface area contributed by atoms with Crippen molar-refractivity contribution in [3.63, 3.8) is 0 Å². The molecule has 130 valence electrons. The lowest BCUT2D eigenvalue weighted by molar-refractivity contribution is 0.724. The molecule has 0 amide bonds. The van der Waals surface area contributed by atoms with E-state index in [1.807, 2.05) is 42.5 Å². The molecule has 0 unspecified atom stereocenters. The molecule has 4 aromatic rings. The third-order valence-electron chi connectivity index (χ3n) is 3.89. The molecular weight excluding hydrogens is 414 g/mol. The van der Waals surface area contributed by atoms with Crippen LogP contribution in [0.1, 0.15) is 0 Å². The highest BCUT2D eigenvalue weighted by atomic mass is 79.9. The summed E-state index contributed by atoms with van der Waals surface area (Å²) in [5, 5.41) is 8.48. The fourth-order valence-electron chi connectivity index (χ4n) is 2.59. The van der Waals surface area contributed by atoms with Gasteiger partial charge in [0.15, 0.2) is 5.82 Å². The molecule has 8 heteroatoms. The molecule has 0 aliphatic rings. The Hall–Kier alpha value is -2.45. The van der Waals surface area contributed by atoms with Gasteiger partial charge in [0.25, 0.3) is 5.56 Å². The van der Waals surface area contributed by atoms with Gasteiger partial charge < -0.3 is 0 Å². The van der Waals surface area contributed by atoms with Crippen molar-refractivity contribution in [2.45, 2.75) is 11.7 Å². The van der Waals surface area contributed by atoms with E-state index in [-0.39, 0.29) is 5.56 Å². The van der Waals surface area contributed by atoms with Gasteiger partial charge in [-0.15, -0.1) is 5.10 Å². The Bertz CT molecular complexity index is 1120. The van der Waals surface area contributed by atoms with Crippen molar-refractivity contribution in [2.75, 3.05) is 5.75 Å². The molecule has 0 radical (unpaired) electrons. The maximum atomic E-state index is 12.5. The lowest BCUT2D eigenvalue weighted by Gasteiger charge is -2.05. The molecule has 0 aliphatic heterocycles. The Morgan fingerprint density at radius 1 is 1.12 bits per heavy atom. The van der Waals surface area contributed by atoms with Gasteiger partial charge in [0, 0.05) is 22.3 Å². The number of hydrogen-bond acceptors (Lipinski definition) is 5. The van der Waals surface area contributed by atoms with Crippen molar-refractivity contribution >= 4 is 38.6 Å². The minimum atomic E-state index is -0.0277. The normalized spacial score (nSPS) is 11.1. The summed E-state index contributed by atoms with van der Waals surface area (Å²) in [6.45, 7) is 0.542. The molecule has 0 aliphatic carbocycles. The SMILES string of the molecule is O=c1c2ccccc2ncn1CCSc1n[nH]c(-c2ccccc2Br)n1. The van der Waals surface area contributed by atoms with Crippen molar-refractivity contribution in [2.24, 2.45) is 0 Å². The van der Waals surface area contributed by atoms with E-state index in [1.165, 1.54) is 11.8 Å². The zero-order valence-corrected chi connectivity index (χ0v) is 16.0. The van der Waals surface area contributed by atoms with Crippen LogP contribution in [-0.2, 0) is 6.54 Å². The van der Waals surface area contributed by atoms with Crippen LogP contribution in [-0.4, -0.2) is 30.5 Å². The summed E-state index contributed by atoms with van der Waals surface area (Å²) in [5.41, 5.74) is 1.65. The van der Waals surface area contributed by atoms with Crippen LogP contribution in [0.2, 0.25) is 0 Å². The van der Waals surface area contributed by atoms with Gasteiger partial charge in [-0.25, -0.2) is 9.97 Å². The van der Waals surface area contributed by atoms with Crippen molar-refractivity contribution in [3.8, 4) is 11.4 Å². The number of nitrogens with zero attached hydrogens (tertiary/aromatic N) is 4. The Morgan fingerprint density at radius 3 is 2.81 bits per heavy atom. The maximum absolute atomic E-state index is 12.5. The number of thioether (sulfide) groups is 1. The molecule has 2 aromatic carbocycles. The summed E-state index contributed by atoms with van der Waals surface area (Å²) in [5.74, 6) is 1.39. The van der Waals surface area contributed by atoms with Crippen LogP contribution in [0.3, 0.4) is 0 Å². The number of para-hydroxylation sites is 1. The highest BCUT2D eigenvalue weighted by molar-refractivity contribution is 9.10. The first-order valence-corrected chi connectivity index (χ1v) is 9.74. The number of benzene rings is 2. The lowest BCUT2D eigenvalue weighted by Crippen LogP contribution is -2.21. The minimum Gasteiger partial charge on any atom is -0.298 e. The van der Waals surface area contributed by atoms with E-state index in [4.69, 9.17) is 0 Å². The van der Waals surface area contributed by atoms with Gasteiger partial charge >= 0.3 is 0 Å². The third kappa shape index (κ3) is 3.42. The summed E-state index contributed by atoms with van der Waals surface area (Å²) in [7, 11) is 0. The minimum absolute atomic E-state index is 0.0277. The maximum Gasteiger partial charge on any atom is 0.261 e. The van der Waals surface area contributed by atoms with Crippen LogP contribution in [0.5, 0.6) is 0 Å². The summed E-state index contributed by atoms with van der Waals surface area (Å²) >= 11 is 5.01. The van der Waals surface area contributed by atoms with E-state index in [0.29, 0.717) is 34.2 Å². The largest absolute Gasteiger partial charge is 0.298 e. The zero-order valence-electron chi connectivity index (χ0n) is 13.6. The van der Waals surface area contributed by atoms with E-state index in [2.05, 4.69) is 36.1 Å². The smallest absolute Gasteiger partial charge is 0.261 e. The van der Waals surface area contributed by atoms with Crippen LogP contribution >= 0.6 is 27.7 Å². The number of aromatic nitrogens is 5. The van der Waals surface area contributed by atoms with Gasteiger partial charge in [-0.3, -0.25) is 14.5 Å². The predicted molar refractivity (Wildman–Crippen MR) is 106 cm³/mol. The van der Waals surface area contributed by atoms with Crippen LogP contribution in [0, 0.1) is 0 Å². The Morgan fingerprint density at radius 2 is 1.92 bits per heavy atom. The zero-order chi connectivity index (χ0) is 17.9. The number of fused-ring (bicyclic) bond motifs is 1. The molecule has 6 nitrogen and oxygen atoms in total. The molecule has 2 aromatic heterocycles. The van der Waals surface area contributed by atoms with E-state index < -0.39 is 0 Å². The molecule has 26 heavy (non-hydrogen) atoms. The second kappa shape index (κ2) is 7.43. The first kappa shape index (κ1) is 17.0. The Labute approximate surface area is 161 Å². The first-order chi connectivity index (χ1) is 12.7. The van der Waals surface area contributed by atoms with E-state index in [0.717, 1.165) is 10.0 Å². The summed E-state index contributed by atoms with van der Waals surface area (Å²) < 4.78 is 2.58. The molecular formula is C18H14BrN5OS. The summed E-state index contributed by atoms with van der Waals surface area (Å²) in [6.07, 6.45) is 1.59. The van der Waals surface area contributed by atoms with Crippen LogP contribution in [0.25, 0.3) is 22.3 Å². The fourth-order valence-corrected chi connectivity index (χ4v) is 3.79. The van der Waals surface area contributed by atoms with Crippen molar-refractivity contribution < 1.29 is 0 Å². The van der Waals surface area contributed by atoms with Gasteiger partial charge in [-0.05, 0) is 18.2 Å². The molecule has 0 bridgehead atoms. The number of halogens is 1. The van der Waals surface area contributed by atoms with Gasteiger partial charge in [0.2, 0.25) is 5.16 Å². The second-order valence-corrected chi connectivity index (χ2v) is 7.47. The lowest BCUT2D eigenvalue weighted by atomic mass is 10.2. The average molecular weight is 428 g/mol. The molecule has 0 spiro atoms. The topological polar surface area (TPSA) is 76.5 Å². The van der Waals surface area contributed by atoms with Crippen molar-refractivity contribution in [3.05, 3.63) is 69.7 Å². The van der Waals surface area contributed by atoms with Crippen molar-refractivity contribution in [1.29, 1.82) is 0 Å². The highest BCUT2D eigenvalue weighted by Gasteiger charge is 2.09. The summed E-state index contributed by atoms with van der Waals surface area (Å²) in [4.78, 5) is 21.3. The predicted octanol–water partition coefficient (Wildman–Crippen LogP) is 3.74. The number of rotatable bonds is 5.